The van der Waals surface area contributed by atoms with Gasteiger partial charge in [0.1, 0.15) is 0 Å². The predicted octanol–water partition coefficient (Wildman–Crippen LogP) is 3.64. The largest absolute Gasteiger partial charge is 0.333 e. The van der Waals surface area contributed by atoms with Crippen LogP contribution in [0.4, 0.5) is 5.13 Å². The van der Waals surface area contributed by atoms with Gasteiger partial charge in [0, 0.05) is 23.4 Å². The number of hydrogen-bond donors (Lipinski definition) is 1. The van der Waals surface area contributed by atoms with Gasteiger partial charge in [-0.1, -0.05) is 44.2 Å². The summed E-state index contributed by atoms with van der Waals surface area (Å²) in [5.41, 5.74) is 1.86. The van der Waals surface area contributed by atoms with E-state index in [9.17, 15) is 9.59 Å². The van der Waals surface area contributed by atoms with E-state index in [-0.39, 0.29) is 24.3 Å². The standard InChI is InChI=1S/C19H23N3O2S/c1-13(2)10-22(18(24)15-8-9-15)11-17(23)21-19-20-16(12-25-19)14-6-4-3-5-7-14/h3-7,12-13,15H,8-11H2,1-2H3,(H,20,21,23). The highest BCUT2D eigenvalue weighted by Gasteiger charge is 2.34. The number of carbonyl (C=O) groups is 2. The van der Waals surface area contributed by atoms with Crippen LogP contribution in [0.15, 0.2) is 35.7 Å². The Hall–Kier alpha value is -2.21. The number of amides is 2. The molecule has 0 radical (unpaired) electrons. The number of nitrogens with one attached hydrogen (secondary N) is 1. The second kappa shape index (κ2) is 7.78. The lowest BCUT2D eigenvalue weighted by atomic mass is 10.2. The molecule has 1 aromatic heterocycles. The molecule has 1 aliphatic carbocycles. The lowest BCUT2D eigenvalue weighted by Gasteiger charge is -2.23. The van der Waals surface area contributed by atoms with Gasteiger partial charge in [-0.25, -0.2) is 4.98 Å². The number of hydrogen-bond acceptors (Lipinski definition) is 4. The van der Waals surface area contributed by atoms with Crippen molar-refractivity contribution in [2.75, 3.05) is 18.4 Å². The molecule has 2 aromatic rings. The quantitative estimate of drug-likeness (QED) is 0.823. The van der Waals surface area contributed by atoms with E-state index in [0.29, 0.717) is 17.6 Å². The first kappa shape index (κ1) is 17.6. The van der Waals surface area contributed by atoms with Crippen molar-refractivity contribution < 1.29 is 9.59 Å². The second-order valence-electron chi connectivity index (χ2n) is 6.84. The molecule has 2 amide bonds. The molecule has 1 N–H and O–H groups in total. The zero-order valence-electron chi connectivity index (χ0n) is 14.6. The number of carbonyl (C=O) groups excluding carboxylic acids is 2. The summed E-state index contributed by atoms with van der Waals surface area (Å²) in [6.45, 7) is 4.81. The summed E-state index contributed by atoms with van der Waals surface area (Å²) in [6, 6.07) is 9.85. The Balaban J connectivity index is 1.61. The molecular formula is C19H23N3O2S. The van der Waals surface area contributed by atoms with Crippen molar-refractivity contribution in [1.82, 2.24) is 9.88 Å². The molecule has 25 heavy (non-hydrogen) atoms. The van der Waals surface area contributed by atoms with Gasteiger partial charge in [-0.2, -0.15) is 0 Å². The minimum absolute atomic E-state index is 0.0910. The van der Waals surface area contributed by atoms with Crippen molar-refractivity contribution in [1.29, 1.82) is 0 Å². The Kier molecular flexibility index (Phi) is 5.48. The van der Waals surface area contributed by atoms with Gasteiger partial charge in [0.05, 0.1) is 12.2 Å². The molecule has 0 atom stereocenters. The van der Waals surface area contributed by atoms with E-state index in [1.54, 1.807) is 4.90 Å². The number of anilines is 1. The SMILES string of the molecule is CC(C)CN(CC(=O)Nc1nc(-c2ccccc2)cs1)C(=O)C1CC1. The van der Waals surface area contributed by atoms with Gasteiger partial charge in [0.25, 0.3) is 0 Å². The minimum Gasteiger partial charge on any atom is -0.333 e. The Morgan fingerprint density at radius 2 is 2.00 bits per heavy atom. The molecule has 1 heterocycles. The Labute approximate surface area is 152 Å². The van der Waals surface area contributed by atoms with Crippen LogP contribution in [-0.4, -0.2) is 34.8 Å². The lowest BCUT2D eigenvalue weighted by molar-refractivity contribution is -0.136. The van der Waals surface area contributed by atoms with Crippen LogP contribution >= 0.6 is 11.3 Å². The summed E-state index contributed by atoms with van der Waals surface area (Å²) >= 11 is 1.39. The maximum absolute atomic E-state index is 12.4. The monoisotopic (exact) mass is 357 g/mol. The van der Waals surface area contributed by atoms with Crippen LogP contribution in [0.1, 0.15) is 26.7 Å². The normalized spacial score (nSPS) is 13.7. The molecule has 0 unspecified atom stereocenters. The molecule has 1 fully saturated rings. The molecule has 0 spiro atoms. The highest BCUT2D eigenvalue weighted by atomic mass is 32.1. The molecule has 3 rings (SSSR count). The van der Waals surface area contributed by atoms with Crippen molar-refractivity contribution in [3.8, 4) is 11.3 Å². The molecular weight excluding hydrogens is 334 g/mol. The summed E-state index contributed by atoms with van der Waals surface area (Å²) in [5, 5.41) is 5.31. The first-order valence-electron chi connectivity index (χ1n) is 8.62. The molecule has 6 heteroatoms. The zero-order valence-corrected chi connectivity index (χ0v) is 15.4. The smallest absolute Gasteiger partial charge is 0.245 e. The van der Waals surface area contributed by atoms with Gasteiger partial charge in [-0.15, -0.1) is 11.3 Å². The fourth-order valence-corrected chi connectivity index (χ4v) is 3.40. The van der Waals surface area contributed by atoms with Gasteiger partial charge in [-0.3, -0.25) is 9.59 Å². The van der Waals surface area contributed by atoms with Crippen molar-refractivity contribution in [3.63, 3.8) is 0 Å². The summed E-state index contributed by atoms with van der Waals surface area (Å²) in [7, 11) is 0. The molecule has 1 aromatic carbocycles. The molecule has 0 aliphatic heterocycles. The third kappa shape index (κ3) is 4.89. The summed E-state index contributed by atoms with van der Waals surface area (Å²) in [5.74, 6) is 0.368. The second-order valence-corrected chi connectivity index (χ2v) is 7.70. The van der Waals surface area contributed by atoms with Crippen LogP contribution in [0.25, 0.3) is 11.3 Å². The van der Waals surface area contributed by atoms with Crippen LogP contribution in [0.2, 0.25) is 0 Å². The van der Waals surface area contributed by atoms with E-state index in [1.165, 1.54) is 11.3 Å². The van der Waals surface area contributed by atoms with Crippen molar-refractivity contribution >= 4 is 28.3 Å². The Morgan fingerprint density at radius 1 is 1.28 bits per heavy atom. The number of thiazole rings is 1. The van der Waals surface area contributed by atoms with Crippen molar-refractivity contribution in [2.45, 2.75) is 26.7 Å². The van der Waals surface area contributed by atoms with Gasteiger partial charge < -0.3 is 10.2 Å². The van der Waals surface area contributed by atoms with E-state index >= 15 is 0 Å². The van der Waals surface area contributed by atoms with Gasteiger partial charge >= 0.3 is 0 Å². The maximum Gasteiger partial charge on any atom is 0.245 e. The number of nitrogens with zero attached hydrogens (tertiary/aromatic N) is 2. The Bertz CT molecular complexity index is 738. The number of rotatable bonds is 7. The average Bonchev–Trinajstić information content (AvgIpc) is 3.33. The molecule has 5 nitrogen and oxygen atoms in total. The predicted molar refractivity (Wildman–Crippen MR) is 100 cm³/mol. The van der Waals surface area contributed by atoms with Gasteiger partial charge in [0.15, 0.2) is 5.13 Å². The van der Waals surface area contributed by atoms with E-state index in [2.05, 4.69) is 24.1 Å². The van der Waals surface area contributed by atoms with Crippen LogP contribution in [-0.2, 0) is 9.59 Å². The molecule has 0 saturated heterocycles. The fourth-order valence-electron chi connectivity index (χ4n) is 2.67. The Morgan fingerprint density at radius 3 is 2.64 bits per heavy atom. The summed E-state index contributed by atoms with van der Waals surface area (Å²) in [4.78, 5) is 30.9. The van der Waals surface area contributed by atoms with Crippen LogP contribution in [0.3, 0.4) is 0 Å². The third-order valence-electron chi connectivity index (χ3n) is 3.98. The average molecular weight is 357 g/mol. The van der Waals surface area contributed by atoms with Crippen LogP contribution < -0.4 is 5.32 Å². The van der Waals surface area contributed by atoms with E-state index in [4.69, 9.17) is 0 Å². The highest BCUT2D eigenvalue weighted by molar-refractivity contribution is 7.14. The highest BCUT2D eigenvalue weighted by Crippen LogP contribution is 2.31. The minimum atomic E-state index is -0.191. The van der Waals surface area contributed by atoms with Crippen LogP contribution in [0.5, 0.6) is 0 Å². The molecule has 1 aliphatic rings. The molecule has 0 bridgehead atoms. The van der Waals surface area contributed by atoms with E-state index in [1.807, 2.05) is 35.7 Å². The van der Waals surface area contributed by atoms with Gasteiger partial charge in [-0.05, 0) is 18.8 Å². The summed E-state index contributed by atoms with van der Waals surface area (Å²) < 4.78 is 0. The van der Waals surface area contributed by atoms with Crippen LogP contribution in [0, 0.1) is 11.8 Å². The zero-order chi connectivity index (χ0) is 17.8. The number of aromatic nitrogens is 1. The molecule has 1 saturated carbocycles. The topological polar surface area (TPSA) is 62.3 Å². The number of benzene rings is 1. The van der Waals surface area contributed by atoms with E-state index in [0.717, 1.165) is 24.1 Å². The van der Waals surface area contributed by atoms with Crippen molar-refractivity contribution in [2.24, 2.45) is 11.8 Å². The summed E-state index contributed by atoms with van der Waals surface area (Å²) in [6.07, 6.45) is 1.89. The van der Waals surface area contributed by atoms with Crippen molar-refractivity contribution in [3.05, 3.63) is 35.7 Å². The first-order valence-corrected chi connectivity index (χ1v) is 9.50. The first-order chi connectivity index (χ1) is 12.0. The fraction of sp³-hybridized carbons (Fsp3) is 0.421. The maximum atomic E-state index is 12.4. The van der Waals surface area contributed by atoms with E-state index < -0.39 is 0 Å². The third-order valence-corrected chi connectivity index (χ3v) is 4.74. The van der Waals surface area contributed by atoms with Gasteiger partial charge in [0.2, 0.25) is 11.8 Å². The lowest BCUT2D eigenvalue weighted by Crippen LogP contribution is -2.41. The molecule has 132 valence electrons.